The molecule has 8 aromatic rings. The molecule has 0 N–H and O–H groups in total. The molecular formula is C58H52N4. The maximum Gasteiger partial charge on any atom is 0.0490 e. The first-order valence-corrected chi connectivity index (χ1v) is 21.6. The van der Waals surface area contributed by atoms with Crippen molar-refractivity contribution in [1.29, 1.82) is 0 Å². The van der Waals surface area contributed by atoms with Crippen molar-refractivity contribution in [3.8, 4) is 0 Å². The van der Waals surface area contributed by atoms with Crippen LogP contribution in [-0.4, -0.2) is 0 Å². The van der Waals surface area contributed by atoms with E-state index in [9.17, 15) is 0 Å². The summed E-state index contributed by atoms with van der Waals surface area (Å²) in [6.07, 6.45) is 8.99. The fraction of sp³-hybridized carbons (Fsp3) is 0.103. The molecule has 1 aliphatic carbocycles. The Bertz CT molecular complexity index is 2790. The van der Waals surface area contributed by atoms with E-state index in [0.717, 1.165) is 70.6 Å². The second-order valence-corrected chi connectivity index (χ2v) is 15.9. The molecule has 0 atom stereocenters. The SMILES string of the molecule is Cc1ccccc1CN(c1ccccc1)c1ccc(N(c2ccc(N(C3=CCCC=C3)c3ccccc3C)cc2)c2ccc(N(c3ccccc3)c3ccccc3C)cc2)cc1. The Balaban J connectivity index is 1.13. The van der Waals surface area contributed by atoms with E-state index in [0.29, 0.717) is 0 Å². The average Bonchev–Trinajstić information content (AvgIpc) is 3.32. The molecule has 0 spiro atoms. The Labute approximate surface area is 367 Å². The normalized spacial score (nSPS) is 12.1. The summed E-state index contributed by atoms with van der Waals surface area (Å²) in [6.45, 7) is 7.33. The Hall–Kier alpha value is -7.56. The van der Waals surface area contributed by atoms with E-state index in [4.69, 9.17) is 0 Å². The quantitative estimate of drug-likeness (QED) is 0.115. The number of hydrogen-bond acceptors (Lipinski definition) is 4. The van der Waals surface area contributed by atoms with Crippen molar-refractivity contribution in [2.45, 2.75) is 40.2 Å². The Kier molecular flexibility index (Phi) is 11.8. The van der Waals surface area contributed by atoms with E-state index in [1.807, 2.05) is 0 Å². The largest absolute Gasteiger partial charge is 0.337 e. The number of aryl methyl sites for hydroxylation is 3. The molecule has 0 amide bonds. The second kappa shape index (κ2) is 18.4. The lowest BCUT2D eigenvalue weighted by Crippen LogP contribution is -2.18. The van der Waals surface area contributed by atoms with Crippen molar-refractivity contribution in [3.05, 3.63) is 252 Å². The van der Waals surface area contributed by atoms with Gasteiger partial charge in [-0.2, -0.15) is 0 Å². The number of benzene rings is 8. The molecule has 304 valence electrons. The zero-order chi connectivity index (χ0) is 42.3. The number of anilines is 10. The van der Waals surface area contributed by atoms with Crippen LogP contribution in [0.15, 0.2) is 230 Å². The van der Waals surface area contributed by atoms with Crippen LogP contribution in [0.2, 0.25) is 0 Å². The molecule has 0 radical (unpaired) electrons. The lowest BCUT2D eigenvalue weighted by atomic mass is 10.1. The van der Waals surface area contributed by atoms with E-state index < -0.39 is 0 Å². The van der Waals surface area contributed by atoms with Gasteiger partial charge in [0.15, 0.2) is 0 Å². The molecule has 4 heteroatoms. The zero-order valence-electron chi connectivity index (χ0n) is 35.8. The molecule has 0 aliphatic heterocycles. The highest BCUT2D eigenvalue weighted by molar-refractivity contribution is 5.84. The second-order valence-electron chi connectivity index (χ2n) is 15.9. The molecule has 8 aromatic carbocycles. The van der Waals surface area contributed by atoms with Gasteiger partial charge in [-0.3, -0.25) is 0 Å². The summed E-state index contributed by atoms with van der Waals surface area (Å²) in [5.41, 5.74) is 17.4. The van der Waals surface area contributed by atoms with E-state index in [1.165, 1.54) is 33.6 Å². The number of allylic oxidation sites excluding steroid dienone is 3. The highest BCUT2D eigenvalue weighted by Gasteiger charge is 2.21. The van der Waals surface area contributed by atoms with Gasteiger partial charge in [0.05, 0.1) is 0 Å². The van der Waals surface area contributed by atoms with Gasteiger partial charge in [0, 0.05) is 69.1 Å². The fourth-order valence-corrected chi connectivity index (χ4v) is 8.45. The van der Waals surface area contributed by atoms with Gasteiger partial charge in [-0.25, -0.2) is 0 Å². The molecule has 0 saturated carbocycles. The van der Waals surface area contributed by atoms with Crippen molar-refractivity contribution in [3.63, 3.8) is 0 Å². The number of hydrogen-bond donors (Lipinski definition) is 0. The molecule has 0 aromatic heterocycles. The zero-order valence-corrected chi connectivity index (χ0v) is 35.8. The van der Waals surface area contributed by atoms with Crippen LogP contribution in [0, 0.1) is 20.8 Å². The van der Waals surface area contributed by atoms with Gasteiger partial charge in [-0.1, -0.05) is 109 Å². The van der Waals surface area contributed by atoms with E-state index >= 15 is 0 Å². The van der Waals surface area contributed by atoms with Crippen molar-refractivity contribution < 1.29 is 0 Å². The van der Waals surface area contributed by atoms with Crippen LogP contribution in [0.3, 0.4) is 0 Å². The van der Waals surface area contributed by atoms with Crippen LogP contribution in [0.4, 0.5) is 56.9 Å². The molecule has 1 aliphatic rings. The van der Waals surface area contributed by atoms with Gasteiger partial charge in [0.1, 0.15) is 0 Å². The van der Waals surface area contributed by atoms with Crippen LogP contribution in [0.25, 0.3) is 0 Å². The maximum absolute atomic E-state index is 2.40. The Morgan fingerprint density at radius 2 is 0.726 bits per heavy atom. The van der Waals surface area contributed by atoms with Crippen LogP contribution >= 0.6 is 0 Å². The summed E-state index contributed by atoms with van der Waals surface area (Å²) in [6, 6.07) is 74.3. The highest BCUT2D eigenvalue weighted by atomic mass is 15.2. The molecule has 0 bridgehead atoms. The summed E-state index contributed by atoms with van der Waals surface area (Å²) in [7, 11) is 0. The Morgan fingerprint density at radius 1 is 0.339 bits per heavy atom. The van der Waals surface area contributed by atoms with Gasteiger partial charge in [-0.15, -0.1) is 0 Å². The van der Waals surface area contributed by atoms with Gasteiger partial charge in [0.25, 0.3) is 0 Å². The third-order valence-corrected chi connectivity index (χ3v) is 11.8. The van der Waals surface area contributed by atoms with Crippen molar-refractivity contribution >= 4 is 56.9 Å². The number of rotatable bonds is 13. The minimum Gasteiger partial charge on any atom is -0.337 e. The third-order valence-electron chi connectivity index (χ3n) is 11.8. The predicted octanol–water partition coefficient (Wildman–Crippen LogP) is 16.3. The summed E-state index contributed by atoms with van der Waals surface area (Å²) in [5.74, 6) is 0. The first-order valence-electron chi connectivity index (χ1n) is 21.6. The van der Waals surface area contributed by atoms with Crippen LogP contribution < -0.4 is 19.6 Å². The predicted molar refractivity (Wildman–Crippen MR) is 264 cm³/mol. The minimum atomic E-state index is 0.768. The molecule has 0 unspecified atom stereocenters. The third kappa shape index (κ3) is 8.54. The standard InChI is InChI=1S/C58H52N4/c1-44-19-13-16-22-47(44)43-59(48-23-7-4-8-24-48)49-31-33-52(34-32-49)60(53-35-39-55(40-36-53)61(50-25-9-5-10-26-50)57-29-17-14-20-45(57)2)54-37-41-56(42-38-54)62(51-27-11-6-12-28-51)58-30-18-15-21-46(58)3/h4-5,7-11,13-42H,6,12,43H2,1-3H3. The lowest BCUT2D eigenvalue weighted by molar-refractivity contribution is 0.963. The van der Waals surface area contributed by atoms with E-state index in [2.05, 4.69) is 265 Å². The minimum absolute atomic E-state index is 0.768. The van der Waals surface area contributed by atoms with E-state index in [-0.39, 0.29) is 0 Å². The monoisotopic (exact) mass is 804 g/mol. The topological polar surface area (TPSA) is 13.0 Å². The van der Waals surface area contributed by atoms with Gasteiger partial charge in [-0.05, 0) is 171 Å². The fourth-order valence-electron chi connectivity index (χ4n) is 8.45. The first-order chi connectivity index (χ1) is 30.5. The molecule has 9 rings (SSSR count). The molecule has 4 nitrogen and oxygen atoms in total. The molecule has 62 heavy (non-hydrogen) atoms. The van der Waals surface area contributed by atoms with Crippen molar-refractivity contribution in [1.82, 2.24) is 0 Å². The molecule has 0 fully saturated rings. The average molecular weight is 805 g/mol. The summed E-state index contributed by atoms with van der Waals surface area (Å²) < 4.78 is 0. The summed E-state index contributed by atoms with van der Waals surface area (Å²) in [5, 5.41) is 0. The van der Waals surface area contributed by atoms with Crippen molar-refractivity contribution in [2.75, 3.05) is 19.6 Å². The molecule has 0 saturated heterocycles. The van der Waals surface area contributed by atoms with Gasteiger partial charge >= 0.3 is 0 Å². The number of nitrogens with zero attached hydrogens (tertiary/aromatic N) is 4. The Morgan fingerprint density at radius 3 is 1.23 bits per heavy atom. The first kappa shape index (κ1) is 39.9. The smallest absolute Gasteiger partial charge is 0.0490 e. The maximum atomic E-state index is 2.40. The van der Waals surface area contributed by atoms with Crippen LogP contribution in [0.1, 0.15) is 35.1 Å². The molecular weight excluding hydrogens is 753 g/mol. The lowest BCUT2D eigenvalue weighted by Gasteiger charge is -2.31. The number of para-hydroxylation sites is 4. The van der Waals surface area contributed by atoms with Gasteiger partial charge < -0.3 is 19.6 Å². The summed E-state index contributed by atoms with van der Waals surface area (Å²) in [4.78, 5) is 9.50. The summed E-state index contributed by atoms with van der Waals surface area (Å²) >= 11 is 0. The van der Waals surface area contributed by atoms with Crippen molar-refractivity contribution in [2.24, 2.45) is 0 Å². The van der Waals surface area contributed by atoms with Crippen LogP contribution in [-0.2, 0) is 6.54 Å². The molecule has 0 heterocycles. The van der Waals surface area contributed by atoms with Gasteiger partial charge in [0.2, 0.25) is 0 Å². The van der Waals surface area contributed by atoms with E-state index in [1.54, 1.807) is 0 Å². The van der Waals surface area contributed by atoms with Crippen LogP contribution in [0.5, 0.6) is 0 Å². The highest BCUT2D eigenvalue weighted by Crippen LogP contribution is 2.42.